The summed E-state index contributed by atoms with van der Waals surface area (Å²) in [6.07, 6.45) is -0.814. The predicted molar refractivity (Wildman–Crippen MR) is 37.7 cm³/mol. The molecule has 0 saturated carbocycles. The molecule has 0 fully saturated rings. The molecule has 2 N–H and O–H groups in total. The number of carbonyl (C=O) groups is 1. The van der Waals surface area contributed by atoms with Crippen LogP contribution in [-0.2, 0) is 4.79 Å². The van der Waals surface area contributed by atoms with Crippen LogP contribution in [0.4, 0.5) is 0 Å². The molecular weight excluding hydrogens is 146 g/mol. The summed E-state index contributed by atoms with van der Waals surface area (Å²) in [5.74, 6) is -1.86. The van der Waals surface area contributed by atoms with Gasteiger partial charge in [-0.1, -0.05) is 6.92 Å². The van der Waals surface area contributed by atoms with Crippen molar-refractivity contribution >= 4 is 5.97 Å². The second kappa shape index (κ2) is 4.69. The molecule has 0 aromatic rings. The van der Waals surface area contributed by atoms with Gasteiger partial charge in [-0.15, -0.1) is 0 Å². The van der Waals surface area contributed by atoms with Crippen molar-refractivity contribution < 1.29 is 15.0 Å². The van der Waals surface area contributed by atoms with Gasteiger partial charge in [0.05, 0.1) is 24.5 Å². The number of hydrogen-bond acceptors (Lipinski definition) is 3. The number of nitriles is 1. The van der Waals surface area contributed by atoms with Gasteiger partial charge >= 0.3 is 5.97 Å². The molecule has 0 spiro atoms. The number of carboxylic acids is 1. The third-order valence-corrected chi connectivity index (χ3v) is 1.52. The Morgan fingerprint density at radius 2 is 2.27 bits per heavy atom. The fourth-order valence-corrected chi connectivity index (χ4v) is 0.847. The molecule has 1 unspecified atom stereocenters. The molecule has 0 aliphatic rings. The summed E-state index contributed by atoms with van der Waals surface area (Å²) < 4.78 is 0. The molecule has 0 saturated heterocycles. The van der Waals surface area contributed by atoms with Crippen LogP contribution in [0.3, 0.4) is 0 Å². The van der Waals surface area contributed by atoms with Crippen molar-refractivity contribution in [2.24, 2.45) is 5.92 Å². The first-order valence-corrected chi connectivity index (χ1v) is 3.41. The Morgan fingerprint density at radius 1 is 1.73 bits per heavy atom. The van der Waals surface area contributed by atoms with E-state index in [9.17, 15) is 4.79 Å². The Kier molecular flexibility index (Phi) is 4.23. The van der Waals surface area contributed by atoms with E-state index in [0.717, 1.165) is 0 Å². The summed E-state index contributed by atoms with van der Waals surface area (Å²) in [6, 6.07) is 1.72. The third kappa shape index (κ3) is 3.01. The summed E-state index contributed by atoms with van der Waals surface area (Å²) in [5.41, 5.74) is 0. The molecule has 0 aliphatic heterocycles. The van der Waals surface area contributed by atoms with E-state index in [1.165, 1.54) is 0 Å². The summed E-state index contributed by atoms with van der Waals surface area (Å²) >= 11 is 0. The number of nitrogens with zero attached hydrogens (tertiary/aromatic N) is 1. The van der Waals surface area contributed by atoms with Crippen molar-refractivity contribution in [3.05, 3.63) is 0 Å². The van der Waals surface area contributed by atoms with E-state index < -0.39 is 18.0 Å². The number of aliphatic hydroxyl groups is 1. The largest absolute Gasteiger partial charge is 0.481 e. The molecule has 0 amide bonds. The van der Waals surface area contributed by atoms with Gasteiger partial charge in [0.2, 0.25) is 0 Å². The fourth-order valence-electron chi connectivity index (χ4n) is 0.847. The molecule has 0 rings (SSSR count). The lowest BCUT2D eigenvalue weighted by Gasteiger charge is -2.13. The Morgan fingerprint density at radius 3 is 2.55 bits per heavy atom. The molecule has 0 radical (unpaired) electrons. The van der Waals surface area contributed by atoms with Crippen molar-refractivity contribution in [3.8, 4) is 6.07 Å². The van der Waals surface area contributed by atoms with Gasteiger partial charge in [0, 0.05) is 0 Å². The van der Waals surface area contributed by atoms with E-state index in [1.807, 2.05) is 0 Å². The smallest absolute Gasteiger partial charge is 0.309 e. The lowest BCUT2D eigenvalue weighted by molar-refractivity contribution is -0.145. The maximum Gasteiger partial charge on any atom is 0.309 e. The Labute approximate surface area is 65.1 Å². The zero-order valence-corrected chi connectivity index (χ0v) is 6.32. The highest BCUT2D eigenvalue weighted by Crippen LogP contribution is 2.11. The van der Waals surface area contributed by atoms with E-state index in [0.29, 0.717) is 6.42 Å². The highest BCUT2D eigenvalue weighted by molar-refractivity contribution is 5.70. The van der Waals surface area contributed by atoms with E-state index in [1.54, 1.807) is 13.0 Å². The monoisotopic (exact) mass is 157 g/mol. The van der Waals surface area contributed by atoms with Crippen LogP contribution >= 0.6 is 0 Å². The van der Waals surface area contributed by atoms with Gasteiger partial charge in [-0.2, -0.15) is 5.26 Å². The Bertz CT molecular complexity index is 173. The predicted octanol–water partition coefficient (Wildman–Crippen LogP) is 0.372. The van der Waals surface area contributed by atoms with Gasteiger partial charge in [0.25, 0.3) is 0 Å². The molecule has 0 bridgehead atoms. The normalized spacial score (nSPS) is 15.0. The van der Waals surface area contributed by atoms with Crippen LogP contribution in [0.1, 0.15) is 19.8 Å². The van der Waals surface area contributed by atoms with Gasteiger partial charge < -0.3 is 10.2 Å². The van der Waals surface area contributed by atoms with Gasteiger partial charge in [-0.3, -0.25) is 4.79 Å². The summed E-state index contributed by atoms with van der Waals surface area (Å²) in [5, 5.41) is 25.7. The van der Waals surface area contributed by atoms with Crippen molar-refractivity contribution in [1.82, 2.24) is 0 Å². The van der Waals surface area contributed by atoms with Crippen molar-refractivity contribution in [2.45, 2.75) is 25.9 Å². The summed E-state index contributed by atoms with van der Waals surface area (Å²) in [4.78, 5) is 10.4. The number of aliphatic hydroxyl groups excluding tert-OH is 1. The molecule has 0 heterocycles. The average Bonchev–Trinajstić information content (AvgIpc) is 1.88. The van der Waals surface area contributed by atoms with E-state index in [4.69, 9.17) is 15.5 Å². The van der Waals surface area contributed by atoms with Crippen LogP contribution < -0.4 is 0 Å². The van der Waals surface area contributed by atoms with Crippen LogP contribution in [0.15, 0.2) is 0 Å². The van der Waals surface area contributed by atoms with Gasteiger partial charge in [0.15, 0.2) is 0 Å². The highest BCUT2D eigenvalue weighted by Gasteiger charge is 2.23. The zero-order chi connectivity index (χ0) is 8.85. The third-order valence-electron chi connectivity index (χ3n) is 1.52. The van der Waals surface area contributed by atoms with Crippen molar-refractivity contribution in [1.29, 1.82) is 5.26 Å². The summed E-state index contributed by atoms with van der Waals surface area (Å²) in [7, 11) is 0. The molecule has 0 aromatic heterocycles. The minimum atomic E-state index is -1.05. The fraction of sp³-hybridized carbons (Fsp3) is 0.714. The maximum absolute atomic E-state index is 10.4. The molecule has 11 heavy (non-hydrogen) atoms. The van der Waals surface area contributed by atoms with Gasteiger partial charge in [-0.05, 0) is 6.42 Å². The van der Waals surface area contributed by atoms with Crippen LogP contribution in [0.25, 0.3) is 0 Å². The second-order valence-corrected chi connectivity index (χ2v) is 2.28. The lowest BCUT2D eigenvalue weighted by atomic mass is 9.98. The number of hydrogen-bond donors (Lipinski definition) is 2. The number of carboxylic acid groups (broad SMARTS) is 1. The highest BCUT2D eigenvalue weighted by atomic mass is 16.4. The van der Waals surface area contributed by atoms with Crippen molar-refractivity contribution in [2.75, 3.05) is 0 Å². The van der Waals surface area contributed by atoms with E-state index in [-0.39, 0.29) is 6.42 Å². The molecule has 0 aliphatic carbocycles. The second-order valence-electron chi connectivity index (χ2n) is 2.28. The zero-order valence-electron chi connectivity index (χ0n) is 6.32. The van der Waals surface area contributed by atoms with Crippen LogP contribution in [0, 0.1) is 17.2 Å². The molecule has 4 heteroatoms. The average molecular weight is 157 g/mol. The van der Waals surface area contributed by atoms with Crippen molar-refractivity contribution in [3.63, 3.8) is 0 Å². The lowest BCUT2D eigenvalue weighted by Crippen LogP contribution is -2.26. The molecule has 2 atom stereocenters. The standard InChI is InChI=1S/C7H11NO3/c1-2-5(7(10)11)6(9)3-4-8/h5-6,9H,2-3H2,1H3,(H,10,11)/t5-,6?/m1/s1. The van der Waals surface area contributed by atoms with Gasteiger partial charge in [-0.25, -0.2) is 0 Å². The first-order valence-electron chi connectivity index (χ1n) is 3.41. The quantitative estimate of drug-likeness (QED) is 0.617. The topological polar surface area (TPSA) is 81.3 Å². The van der Waals surface area contributed by atoms with Crippen LogP contribution in [0.5, 0.6) is 0 Å². The van der Waals surface area contributed by atoms with E-state index in [2.05, 4.69) is 0 Å². The maximum atomic E-state index is 10.4. The minimum Gasteiger partial charge on any atom is -0.481 e. The molecular formula is C7H11NO3. The minimum absolute atomic E-state index is 0.120. The van der Waals surface area contributed by atoms with Crippen LogP contribution in [-0.4, -0.2) is 22.3 Å². The first-order chi connectivity index (χ1) is 5.13. The number of aliphatic carboxylic acids is 1. The molecule has 62 valence electrons. The molecule has 4 nitrogen and oxygen atoms in total. The van der Waals surface area contributed by atoms with Crippen LogP contribution in [0.2, 0.25) is 0 Å². The Hall–Kier alpha value is -1.08. The Balaban J connectivity index is 4.04. The molecule has 0 aromatic carbocycles. The SMILES string of the molecule is CC[C@@H](C(=O)O)C(O)CC#N. The first kappa shape index (κ1) is 9.92. The van der Waals surface area contributed by atoms with Gasteiger partial charge in [0.1, 0.15) is 0 Å². The number of rotatable bonds is 4. The van der Waals surface area contributed by atoms with E-state index >= 15 is 0 Å². The summed E-state index contributed by atoms with van der Waals surface area (Å²) in [6.45, 7) is 1.67.